The number of non-ortho nitro benzene ring substituents is 1. The summed E-state index contributed by atoms with van der Waals surface area (Å²) < 4.78 is 27.5. The Morgan fingerprint density at radius 3 is 2.68 bits per heavy atom. The van der Waals surface area contributed by atoms with Crippen molar-refractivity contribution in [3.8, 4) is 0 Å². The van der Waals surface area contributed by atoms with Gasteiger partial charge in [-0.15, -0.1) is 0 Å². The van der Waals surface area contributed by atoms with E-state index >= 15 is 0 Å². The van der Waals surface area contributed by atoms with Gasteiger partial charge in [-0.05, 0) is 6.07 Å². The summed E-state index contributed by atoms with van der Waals surface area (Å²) in [4.78, 5) is 9.97. The molecular formula is C12H13ClN4O4S. The highest BCUT2D eigenvalue weighted by atomic mass is 35.5. The van der Waals surface area contributed by atoms with Gasteiger partial charge in [0.15, 0.2) is 0 Å². The minimum atomic E-state index is -3.88. The summed E-state index contributed by atoms with van der Waals surface area (Å²) in [6.07, 6.45) is 1.42. The van der Waals surface area contributed by atoms with Gasteiger partial charge in [-0.3, -0.25) is 14.8 Å². The molecule has 0 bridgehead atoms. The lowest BCUT2D eigenvalue weighted by Crippen LogP contribution is -2.27. The van der Waals surface area contributed by atoms with Crippen molar-refractivity contribution in [1.82, 2.24) is 14.1 Å². The maximum atomic E-state index is 12.5. The van der Waals surface area contributed by atoms with Crippen LogP contribution in [0.25, 0.3) is 0 Å². The fourth-order valence-corrected chi connectivity index (χ4v) is 3.25. The van der Waals surface area contributed by atoms with Gasteiger partial charge in [-0.2, -0.15) is 9.40 Å². The van der Waals surface area contributed by atoms with Crippen LogP contribution < -0.4 is 0 Å². The number of rotatable bonds is 5. The normalized spacial score (nSPS) is 11.8. The third-order valence-electron chi connectivity index (χ3n) is 3.12. The molecule has 0 aliphatic heterocycles. The third-order valence-corrected chi connectivity index (χ3v) is 5.23. The molecule has 1 heterocycles. The van der Waals surface area contributed by atoms with Crippen LogP contribution in [0.3, 0.4) is 0 Å². The van der Waals surface area contributed by atoms with E-state index in [4.69, 9.17) is 11.6 Å². The van der Waals surface area contributed by atoms with Gasteiger partial charge in [-0.25, -0.2) is 8.42 Å². The Labute approximate surface area is 132 Å². The molecule has 0 unspecified atom stereocenters. The fraction of sp³-hybridized carbons (Fsp3) is 0.250. The second-order valence-corrected chi connectivity index (χ2v) is 7.03. The Balaban J connectivity index is 2.34. The molecule has 0 amide bonds. The van der Waals surface area contributed by atoms with Crippen molar-refractivity contribution in [2.24, 2.45) is 7.05 Å². The first-order valence-electron chi connectivity index (χ1n) is 6.10. The largest absolute Gasteiger partial charge is 0.270 e. The molecule has 1 aromatic carbocycles. The molecule has 0 fully saturated rings. The Hall–Kier alpha value is -1.97. The van der Waals surface area contributed by atoms with Crippen molar-refractivity contribution in [2.75, 3.05) is 7.05 Å². The molecule has 118 valence electrons. The lowest BCUT2D eigenvalue weighted by Gasteiger charge is -2.17. The van der Waals surface area contributed by atoms with Crippen LogP contribution in [0.1, 0.15) is 5.69 Å². The van der Waals surface area contributed by atoms with E-state index in [0.29, 0.717) is 10.7 Å². The van der Waals surface area contributed by atoms with Crippen molar-refractivity contribution in [1.29, 1.82) is 0 Å². The lowest BCUT2D eigenvalue weighted by atomic mass is 10.3. The lowest BCUT2D eigenvalue weighted by molar-refractivity contribution is -0.385. The van der Waals surface area contributed by atoms with Crippen LogP contribution in [0.15, 0.2) is 35.4 Å². The highest BCUT2D eigenvalue weighted by molar-refractivity contribution is 7.89. The Morgan fingerprint density at radius 1 is 1.45 bits per heavy atom. The van der Waals surface area contributed by atoms with E-state index in [9.17, 15) is 18.5 Å². The van der Waals surface area contributed by atoms with Gasteiger partial charge in [0, 0.05) is 26.2 Å². The smallest absolute Gasteiger partial charge is 0.270 e. The maximum absolute atomic E-state index is 12.5. The highest BCUT2D eigenvalue weighted by Gasteiger charge is 2.24. The molecule has 0 spiro atoms. The summed E-state index contributed by atoms with van der Waals surface area (Å²) in [7, 11) is -0.855. The number of hydrogen-bond donors (Lipinski definition) is 0. The Morgan fingerprint density at radius 2 is 2.14 bits per heavy atom. The van der Waals surface area contributed by atoms with E-state index in [2.05, 4.69) is 5.10 Å². The number of sulfonamides is 1. The molecule has 0 N–H and O–H groups in total. The molecule has 0 saturated carbocycles. The summed E-state index contributed by atoms with van der Waals surface area (Å²) in [5.74, 6) is 0. The summed E-state index contributed by atoms with van der Waals surface area (Å²) in [6, 6.07) is 4.90. The second-order valence-electron chi connectivity index (χ2n) is 4.58. The molecule has 0 aliphatic rings. The third kappa shape index (κ3) is 3.11. The van der Waals surface area contributed by atoms with E-state index in [1.807, 2.05) is 0 Å². The molecular weight excluding hydrogens is 332 g/mol. The number of aryl methyl sites for hydroxylation is 1. The van der Waals surface area contributed by atoms with Crippen LogP contribution in [0, 0.1) is 10.1 Å². The number of nitro benzene ring substituents is 1. The molecule has 8 nitrogen and oxygen atoms in total. The summed E-state index contributed by atoms with van der Waals surface area (Å²) in [5, 5.41) is 15.0. The van der Waals surface area contributed by atoms with Gasteiger partial charge >= 0.3 is 0 Å². The van der Waals surface area contributed by atoms with Crippen LogP contribution in [0.2, 0.25) is 5.02 Å². The molecule has 0 radical (unpaired) electrons. The van der Waals surface area contributed by atoms with E-state index in [1.54, 1.807) is 7.05 Å². The van der Waals surface area contributed by atoms with Crippen LogP contribution in [-0.4, -0.2) is 34.5 Å². The summed E-state index contributed by atoms with van der Waals surface area (Å²) in [5.41, 5.74) is 0.242. The molecule has 0 atom stereocenters. The first-order chi connectivity index (χ1) is 10.2. The molecule has 10 heteroatoms. The van der Waals surface area contributed by atoms with Gasteiger partial charge < -0.3 is 0 Å². The number of nitro groups is 1. The zero-order chi connectivity index (χ0) is 16.5. The number of nitrogens with zero attached hydrogens (tertiary/aromatic N) is 4. The van der Waals surface area contributed by atoms with Crippen molar-refractivity contribution in [2.45, 2.75) is 11.4 Å². The molecule has 22 heavy (non-hydrogen) atoms. The van der Waals surface area contributed by atoms with Gasteiger partial charge in [0.05, 0.1) is 33.3 Å². The minimum absolute atomic E-state index is 0.000356. The summed E-state index contributed by atoms with van der Waals surface area (Å²) >= 11 is 5.96. The first kappa shape index (κ1) is 16.4. The van der Waals surface area contributed by atoms with Gasteiger partial charge in [0.1, 0.15) is 0 Å². The second kappa shape index (κ2) is 6.03. The van der Waals surface area contributed by atoms with E-state index in [0.717, 1.165) is 10.4 Å². The molecule has 2 rings (SSSR count). The van der Waals surface area contributed by atoms with Gasteiger partial charge in [0.25, 0.3) is 5.69 Å². The van der Waals surface area contributed by atoms with E-state index in [1.165, 1.54) is 36.1 Å². The first-order valence-corrected chi connectivity index (χ1v) is 7.92. The van der Waals surface area contributed by atoms with E-state index in [-0.39, 0.29) is 17.1 Å². The predicted octanol–water partition coefficient (Wildman–Crippen LogP) is 1.80. The SMILES string of the molecule is CN(Cc1c(Cl)cnn1C)S(=O)(=O)c1cccc([N+](=O)[O-])c1. The average molecular weight is 345 g/mol. The molecule has 2 aromatic rings. The number of benzene rings is 1. The van der Waals surface area contributed by atoms with Crippen molar-refractivity contribution in [3.63, 3.8) is 0 Å². The molecule has 1 aromatic heterocycles. The quantitative estimate of drug-likeness (QED) is 0.608. The topological polar surface area (TPSA) is 98.3 Å². The van der Waals surface area contributed by atoms with Crippen LogP contribution in [-0.2, 0) is 23.6 Å². The van der Waals surface area contributed by atoms with Crippen molar-refractivity contribution < 1.29 is 13.3 Å². The van der Waals surface area contributed by atoms with Crippen molar-refractivity contribution >= 4 is 27.3 Å². The number of halogens is 1. The van der Waals surface area contributed by atoms with Crippen molar-refractivity contribution in [3.05, 3.63) is 51.3 Å². The van der Waals surface area contributed by atoms with Crippen LogP contribution in [0.4, 0.5) is 5.69 Å². The summed E-state index contributed by atoms with van der Waals surface area (Å²) in [6.45, 7) is 0.000356. The van der Waals surface area contributed by atoms with Crippen LogP contribution in [0.5, 0.6) is 0 Å². The van der Waals surface area contributed by atoms with Gasteiger partial charge in [-0.1, -0.05) is 17.7 Å². The van der Waals surface area contributed by atoms with Crippen LogP contribution >= 0.6 is 11.6 Å². The zero-order valence-corrected chi connectivity index (χ0v) is 13.4. The standard InChI is InChI=1S/C12H13ClN4O4S/c1-15(8-12-11(13)7-14-16(12)2)22(20,21)10-5-3-4-9(6-10)17(18)19/h3-7H,8H2,1-2H3. The number of aromatic nitrogens is 2. The van der Waals surface area contributed by atoms with Gasteiger partial charge in [0.2, 0.25) is 10.0 Å². The fourth-order valence-electron chi connectivity index (χ4n) is 1.85. The predicted molar refractivity (Wildman–Crippen MR) is 80.0 cm³/mol. The number of hydrogen-bond acceptors (Lipinski definition) is 5. The Kier molecular flexibility index (Phi) is 4.50. The Bertz CT molecular complexity index is 799. The van der Waals surface area contributed by atoms with E-state index < -0.39 is 14.9 Å². The monoisotopic (exact) mass is 344 g/mol. The minimum Gasteiger partial charge on any atom is -0.270 e. The maximum Gasteiger partial charge on any atom is 0.270 e. The zero-order valence-electron chi connectivity index (χ0n) is 11.8. The average Bonchev–Trinajstić information content (AvgIpc) is 2.79. The molecule has 0 saturated heterocycles. The molecule has 0 aliphatic carbocycles. The highest BCUT2D eigenvalue weighted by Crippen LogP contribution is 2.23.